The number of aromatic nitrogens is 3. The van der Waals surface area contributed by atoms with Crippen molar-refractivity contribution in [1.29, 1.82) is 0 Å². The fourth-order valence-electron chi connectivity index (χ4n) is 2.61. The first kappa shape index (κ1) is 17.9. The van der Waals surface area contributed by atoms with Crippen LogP contribution < -0.4 is 5.32 Å². The largest absolute Gasteiger partial charge is 0.379 e. The number of hydrogen-bond acceptors (Lipinski definition) is 6. The van der Waals surface area contributed by atoms with Gasteiger partial charge in [0.15, 0.2) is 5.16 Å². The van der Waals surface area contributed by atoms with Gasteiger partial charge >= 0.3 is 0 Å². The number of ether oxygens (including phenoxy) is 1. The number of aryl methyl sites for hydroxylation is 1. The van der Waals surface area contributed by atoms with Crippen LogP contribution in [0.1, 0.15) is 12.5 Å². The molecular formula is C17H23N5O2S. The molecule has 134 valence electrons. The van der Waals surface area contributed by atoms with Crippen LogP contribution in [0.5, 0.6) is 0 Å². The van der Waals surface area contributed by atoms with Crippen LogP contribution in [0.2, 0.25) is 0 Å². The van der Waals surface area contributed by atoms with Crippen molar-refractivity contribution in [3.05, 3.63) is 36.2 Å². The maximum Gasteiger partial charge on any atom is 0.234 e. The number of carbonyl (C=O) groups excluding carboxylic acids is 1. The molecule has 1 aromatic carbocycles. The molecule has 3 rings (SSSR count). The van der Waals surface area contributed by atoms with E-state index in [1.165, 1.54) is 17.3 Å². The average molecular weight is 361 g/mol. The Morgan fingerprint density at radius 1 is 1.28 bits per heavy atom. The molecule has 0 atom stereocenters. The molecule has 0 saturated carbocycles. The van der Waals surface area contributed by atoms with E-state index in [1.54, 1.807) is 6.33 Å². The number of nitrogens with zero attached hydrogens (tertiary/aromatic N) is 4. The number of thioether (sulfide) groups is 1. The van der Waals surface area contributed by atoms with E-state index in [1.807, 2.05) is 23.6 Å². The number of rotatable bonds is 7. The first-order chi connectivity index (χ1) is 12.2. The Bertz CT molecular complexity index is 683. The summed E-state index contributed by atoms with van der Waals surface area (Å²) in [6.45, 7) is 7.28. The molecule has 0 spiro atoms. The highest BCUT2D eigenvalue weighted by Crippen LogP contribution is 2.16. The molecule has 2 heterocycles. The highest BCUT2D eigenvalue weighted by molar-refractivity contribution is 7.99. The van der Waals surface area contributed by atoms with Crippen molar-refractivity contribution >= 4 is 23.4 Å². The quantitative estimate of drug-likeness (QED) is 0.759. The molecule has 1 amide bonds. The number of hydrogen-bond donors (Lipinski definition) is 1. The summed E-state index contributed by atoms with van der Waals surface area (Å²) < 4.78 is 7.28. The number of anilines is 1. The van der Waals surface area contributed by atoms with Crippen LogP contribution in [0.4, 0.5) is 5.69 Å². The van der Waals surface area contributed by atoms with Gasteiger partial charge in [-0.2, -0.15) is 0 Å². The minimum atomic E-state index is -0.0448. The Kier molecular flexibility index (Phi) is 6.43. The second-order valence-corrected chi connectivity index (χ2v) is 6.76. The maximum absolute atomic E-state index is 12.1. The van der Waals surface area contributed by atoms with Gasteiger partial charge in [-0.15, -0.1) is 10.2 Å². The molecule has 7 nitrogen and oxygen atoms in total. The lowest BCUT2D eigenvalue weighted by Crippen LogP contribution is -2.35. The molecule has 1 aliphatic heterocycles. The van der Waals surface area contributed by atoms with Gasteiger partial charge in [0, 0.05) is 31.9 Å². The van der Waals surface area contributed by atoms with E-state index in [2.05, 4.69) is 32.5 Å². The van der Waals surface area contributed by atoms with Crippen molar-refractivity contribution in [2.75, 3.05) is 37.4 Å². The number of morpholine rings is 1. The molecular weight excluding hydrogens is 338 g/mol. The number of carbonyl (C=O) groups is 1. The molecule has 0 unspecified atom stereocenters. The molecule has 1 aliphatic rings. The predicted octanol–water partition coefficient (Wildman–Crippen LogP) is 1.86. The van der Waals surface area contributed by atoms with Gasteiger partial charge in [0.2, 0.25) is 5.91 Å². The Morgan fingerprint density at radius 2 is 2.04 bits per heavy atom. The Morgan fingerprint density at radius 3 is 2.76 bits per heavy atom. The van der Waals surface area contributed by atoms with Crippen LogP contribution in [0.25, 0.3) is 0 Å². The Balaban J connectivity index is 1.46. The fourth-order valence-corrected chi connectivity index (χ4v) is 3.39. The standard InChI is InChI=1S/C17H23N5O2S/c1-2-22-13-18-20-17(22)25-12-16(23)19-15-5-3-14(4-6-15)11-21-7-9-24-10-8-21/h3-6,13H,2,7-12H2,1H3,(H,19,23). The summed E-state index contributed by atoms with van der Waals surface area (Å²) in [4.78, 5) is 14.5. The van der Waals surface area contributed by atoms with Gasteiger partial charge < -0.3 is 14.6 Å². The van der Waals surface area contributed by atoms with Crippen LogP contribution >= 0.6 is 11.8 Å². The topological polar surface area (TPSA) is 72.3 Å². The minimum absolute atomic E-state index is 0.0448. The summed E-state index contributed by atoms with van der Waals surface area (Å²) in [6, 6.07) is 8.03. The van der Waals surface area contributed by atoms with Gasteiger partial charge in [-0.25, -0.2) is 0 Å². The summed E-state index contributed by atoms with van der Waals surface area (Å²) in [5.74, 6) is 0.269. The first-order valence-electron chi connectivity index (χ1n) is 8.44. The normalized spacial score (nSPS) is 15.2. The monoisotopic (exact) mass is 361 g/mol. The van der Waals surface area contributed by atoms with Crippen LogP contribution in [0, 0.1) is 0 Å². The van der Waals surface area contributed by atoms with E-state index in [0.717, 1.165) is 50.2 Å². The maximum atomic E-state index is 12.1. The lowest BCUT2D eigenvalue weighted by atomic mass is 10.2. The SMILES string of the molecule is CCn1cnnc1SCC(=O)Nc1ccc(CN2CCOCC2)cc1. The first-order valence-corrected chi connectivity index (χ1v) is 9.42. The van der Waals surface area contributed by atoms with Crippen molar-refractivity contribution in [2.45, 2.75) is 25.2 Å². The fraction of sp³-hybridized carbons (Fsp3) is 0.471. The predicted molar refractivity (Wildman–Crippen MR) is 97.6 cm³/mol. The molecule has 0 radical (unpaired) electrons. The van der Waals surface area contributed by atoms with Crippen molar-refractivity contribution in [1.82, 2.24) is 19.7 Å². The van der Waals surface area contributed by atoms with Crippen molar-refractivity contribution < 1.29 is 9.53 Å². The van der Waals surface area contributed by atoms with Crippen molar-refractivity contribution in [3.63, 3.8) is 0 Å². The molecule has 1 saturated heterocycles. The van der Waals surface area contributed by atoms with Crippen molar-refractivity contribution in [3.8, 4) is 0 Å². The van der Waals surface area contributed by atoms with Crippen LogP contribution in [0.3, 0.4) is 0 Å². The second kappa shape index (κ2) is 8.98. The number of amides is 1. The van der Waals surface area contributed by atoms with Gasteiger partial charge in [0.25, 0.3) is 0 Å². The van der Waals surface area contributed by atoms with E-state index in [-0.39, 0.29) is 5.91 Å². The summed E-state index contributed by atoms with van der Waals surface area (Å²) in [5.41, 5.74) is 2.05. The smallest absolute Gasteiger partial charge is 0.234 e. The summed E-state index contributed by atoms with van der Waals surface area (Å²) in [6.07, 6.45) is 1.67. The summed E-state index contributed by atoms with van der Waals surface area (Å²) >= 11 is 1.39. The van der Waals surface area contributed by atoms with E-state index >= 15 is 0 Å². The van der Waals surface area contributed by atoms with Gasteiger partial charge in [-0.05, 0) is 24.6 Å². The number of nitrogens with one attached hydrogen (secondary N) is 1. The third kappa shape index (κ3) is 5.29. The third-order valence-electron chi connectivity index (χ3n) is 4.00. The summed E-state index contributed by atoms with van der Waals surface area (Å²) in [5, 5.41) is 11.6. The van der Waals surface area contributed by atoms with Gasteiger partial charge in [0.05, 0.1) is 19.0 Å². The molecule has 1 N–H and O–H groups in total. The number of benzene rings is 1. The zero-order valence-corrected chi connectivity index (χ0v) is 15.2. The highest BCUT2D eigenvalue weighted by Gasteiger charge is 2.11. The molecule has 2 aromatic rings. The van der Waals surface area contributed by atoms with E-state index in [9.17, 15) is 4.79 Å². The third-order valence-corrected chi connectivity index (χ3v) is 4.98. The van der Waals surface area contributed by atoms with Crippen LogP contribution in [-0.4, -0.2) is 57.6 Å². The zero-order chi connectivity index (χ0) is 17.5. The van der Waals surface area contributed by atoms with E-state index in [4.69, 9.17) is 4.74 Å². The van der Waals surface area contributed by atoms with Gasteiger partial charge in [-0.3, -0.25) is 9.69 Å². The van der Waals surface area contributed by atoms with Crippen LogP contribution in [-0.2, 0) is 22.6 Å². The highest BCUT2D eigenvalue weighted by atomic mass is 32.2. The zero-order valence-electron chi connectivity index (χ0n) is 14.4. The molecule has 0 aliphatic carbocycles. The minimum Gasteiger partial charge on any atom is -0.379 e. The lowest BCUT2D eigenvalue weighted by Gasteiger charge is -2.26. The second-order valence-electron chi connectivity index (χ2n) is 5.82. The summed E-state index contributed by atoms with van der Waals surface area (Å²) in [7, 11) is 0. The molecule has 0 bridgehead atoms. The Hall–Kier alpha value is -1.90. The van der Waals surface area contributed by atoms with Crippen molar-refractivity contribution in [2.24, 2.45) is 0 Å². The van der Waals surface area contributed by atoms with Gasteiger partial charge in [-0.1, -0.05) is 23.9 Å². The molecule has 1 fully saturated rings. The van der Waals surface area contributed by atoms with E-state index in [0.29, 0.717) is 5.75 Å². The lowest BCUT2D eigenvalue weighted by molar-refractivity contribution is -0.113. The van der Waals surface area contributed by atoms with Gasteiger partial charge in [0.1, 0.15) is 6.33 Å². The molecule has 8 heteroatoms. The van der Waals surface area contributed by atoms with E-state index < -0.39 is 0 Å². The molecule has 25 heavy (non-hydrogen) atoms. The average Bonchev–Trinajstić information content (AvgIpc) is 3.10. The van der Waals surface area contributed by atoms with Crippen LogP contribution in [0.15, 0.2) is 35.7 Å². The molecule has 1 aromatic heterocycles. The Labute approximate surface area is 151 Å².